The maximum Gasteiger partial charge on any atom is 0.217 e. The first-order valence-corrected chi connectivity index (χ1v) is 6.38. The lowest BCUT2D eigenvalue weighted by molar-refractivity contribution is 0.273. The van der Waals surface area contributed by atoms with E-state index in [4.69, 9.17) is 0 Å². The van der Waals surface area contributed by atoms with Gasteiger partial charge in [-0.1, -0.05) is 20.3 Å². The molecular formula is C10H18N4S. The van der Waals surface area contributed by atoms with E-state index >= 15 is 0 Å². The van der Waals surface area contributed by atoms with Gasteiger partial charge in [-0.05, 0) is 12.8 Å². The molecule has 5 heteroatoms. The van der Waals surface area contributed by atoms with Crippen molar-refractivity contribution in [3.8, 4) is 0 Å². The van der Waals surface area contributed by atoms with E-state index < -0.39 is 0 Å². The fourth-order valence-corrected chi connectivity index (χ4v) is 2.39. The van der Waals surface area contributed by atoms with Crippen molar-refractivity contribution in [1.29, 1.82) is 0 Å². The van der Waals surface area contributed by atoms with E-state index in [0.717, 1.165) is 24.0 Å². The molecule has 1 aliphatic heterocycles. The third-order valence-electron chi connectivity index (χ3n) is 2.57. The van der Waals surface area contributed by atoms with E-state index in [2.05, 4.69) is 33.6 Å². The maximum atomic E-state index is 4.46. The molecule has 0 aromatic carbocycles. The molecule has 0 saturated carbocycles. The van der Waals surface area contributed by atoms with Crippen LogP contribution in [0.2, 0.25) is 0 Å². The molecule has 2 rings (SSSR count). The van der Waals surface area contributed by atoms with Crippen LogP contribution in [0, 0.1) is 0 Å². The summed E-state index contributed by atoms with van der Waals surface area (Å²) in [5.74, 6) is 1.36. The molecule has 1 saturated heterocycles. The van der Waals surface area contributed by atoms with Crippen LogP contribution in [0.5, 0.6) is 0 Å². The lowest BCUT2D eigenvalue weighted by atomic mass is 10.2. The molecule has 1 fully saturated rings. The second-order valence-electron chi connectivity index (χ2n) is 4.27. The first-order valence-electron chi connectivity index (χ1n) is 5.61. The first-order chi connectivity index (χ1) is 7.25. The third-order valence-corrected chi connectivity index (χ3v) is 3.20. The zero-order valence-electron chi connectivity index (χ0n) is 9.36. The largest absolute Gasteiger partial charge is 0.293 e. The molecule has 0 radical (unpaired) electrons. The minimum Gasteiger partial charge on any atom is -0.293 e. The van der Waals surface area contributed by atoms with Crippen LogP contribution in [0.3, 0.4) is 0 Å². The second-order valence-corrected chi connectivity index (χ2v) is 5.02. The van der Waals surface area contributed by atoms with Gasteiger partial charge in [-0.15, -0.1) is 0 Å². The van der Waals surface area contributed by atoms with Crippen molar-refractivity contribution in [3.05, 3.63) is 5.82 Å². The van der Waals surface area contributed by atoms with Gasteiger partial charge in [0.1, 0.15) is 5.82 Å². The van der Waals surface area contributed by atoms with Crippen molar-refractivity contribution in [1.82, 2.24) is 14.4 Å². The Hall–Kier alpha value is -0.680. The van der Waals surface area contributed by atoms with E-state index in [1.807, 2.05) is 0 Å². The Morgan fingerprint density at radius 2 is 2.00 bits per heavy atom. The van der Waals surface area contributed by atoms with Gasteiger partial charge in [0.15, 0.2) is 0 Å². The van der Waals surface area contributed by atoms with Gasteiger partial charge < -0.3 is 0 Å². The van der Waals surface area contributed by atoms with Crippen LogP contribution in [-0.2, 0) is 0 Å². The molecule has 0 aliphatic carbocycles. The van der Waals surface area contributed by atoms with Gasteiger partial charge in [-0.25, -0.2) is 9.99 Å². The summed E-state index contributed by atoms with van der Waals surface area (Å²) in [7, 11) is 0. The molecule has 1 aliphatic rings. The van der Waals surface area contributed by atoms with Crippen molar-refractivity contribution in [2.24, 2.45) is 0 Å². The summed E-state index contributed by atoms with van der Waals surface area (Å²) < 4.78 is 4.32. The number of hydrazine groups is 1. The number of hydrogen-bond acceptors (Lipinski definition) is 5. The maximum absolute atomic E-state index is 4.46. The van der Waals surface area contributed by atoms with Gasteiger partial charge in [0, 0.05) is 30.5 Å². The number of aromatic nitrogens is 2. The fraction of sp³-hybridized carbons (Fsp3) is 0.800. The van der Waals surface area contributed by atoms with Crippen LogP contribution in [0.25, 0.3) is 0 Å². The lowest BCUT2D eigenvalue weighted by Gasteiger charge is -2.26. The summed E-state index contributed by atoms with van der Waals surface area (Å²) >= 11 is 1.46. The Morgan fingerprint density at radius 1 is 1.27 bits per heavy atom. The van der Waals surface area contributed by atoms with Gasteiger partial charge in [0.25, 0.3) is 0 Å². The summed E-state index contributed by atoms with van der Waals surface area (Å²) in [6.07, 6.45) is 3.91. The third kappa shape index (κ3) is 2.89. The monoisotopic (exact) mass is 226 g/mol. The van der Waals surface area contributed by atoms with Crippen molar-refractivity contribution in [3.63, 3.8) is 0 Å². The molecule has 1 aromatic rings. The number of rotatable bonds is 3. The van der Waals surface area contributed by atoms with Gasteiger partial charge in [-0.3, -0.25) is 5.43 Å². The predicted octanol–water partition coefficient (Wildman–Crippen LogP) is 2.47. The zero-order chi connectivity index (χ0) is 10.7. The standard InChI is InChI=1S/C10H18N4S/c1-8(2)9-11-10(15-13-9)12-14-6-4-3-5-7-14/h8H,3-7H2,1-2H3,(H,11,12,13). The number of anilines is 1. The molecule has 2 heterocycles. The van der Waals surface area contributed by atoms with Crippen molar-refractivity contribution < 1.29 is 0 Å². The minimum atomic E-state index is 0.415. The zero-order valence-corrected chi connectivity index (χ0v) is 10.2. The topological polar surface area (TPSA) is 41.1 Å². The Labute approximate surface area is 94.8 Å². The summed E-state index contributed by atoms with van der Waals surface area (Å²) in [6.45, 7) is 6.48. The van der Waals surface area contributed by atoms with Gasteiger partial charge in [-0.2, -0.15) is 4.37 Å². The van der Waals surface area contributed by atoms with Crippen LogP contribution in [-0.4, -0.2) is 27.5 Å². The van der Waals surface area contributed by atoms with E-state index in [9.17, 15) is 0 Å². The number of hydrogen-bond donors (Lipinski definition) is 1. The van der Waals surface area contributed by atoms with Crippen LogP contribution in [0.1, 0.15) is 44.9 Å². The highest BCUT2D eigenvalue weighted by Gasteiger charge is 2.13. The summed E-state index contributed by atoms with van der Waals surface area (Å²) in [5, 5.41) is 3.18. The van der Waals surface area contributed by atoms with Gasteiger partial charge >= 0.3 is 0 Å². The van der Waals surface area contributed by atoms with E-state index in [0.29, 0.717) is 5.92 Å². The average Bonchev–Trinajstić information content (AvgIpc) is 2.68. The van der Waals surface area contributed by atoms with Gasteiger partial charge in [0.05, 0.1) is 0 Å². The smallest absolute Gasteiger partial charge is 0.217 e. The Bertz CT molecular complexity index is 304. The summed E-state index contributed by atoms with van der Waals surface area (Å²) in [6, 6.07) is 0. The van der Waals surface area contributed by atoms with Crippen LogP contribution < -0.4 is 5.43 Å². The highest BCUT2D eigenvalue weighted by molar-refractivity contribution is 7.09. The second kappa shape index (κ2) is 4.90. The first kappa shape index (κ1) is 10.8. The molecular weight excluding hydrogens is 208 g/mol. The van der Waals surface area contributed by atoms with Crippen LogP contribution in [0.4, 0.5) is 5.13 Å². The molecule has 0 spiro atoms. The van der Waals surface area contributed by atoms with Crippen molar-refractivity contribution in [2.45, 2.75) is 39.0 Å². The molecule has 1 aromatic heterocycles. The highest BCUT2D eigenvalue weighted by Crippen LogP contribution is 2.19. The normalized spacial score (nSPS) is 18.3. The van der Waals surface area contributed by atoms with Crippen LogP contribution in [0.15, 0.2) is 0 Å². The van der Waals surface area contributed by atoms with Crippen LogP contribution >= 0.6 is 11.5 Å². The van der Waals surface area contributed by atoms with E-state index in [1.54, 1.807) is 0 Å². The molecule has 15 heavy (non-hydrogen) atoms. The Balaban J connectivity index is 1.91. The predicted molar refractivity (Wildman–Crippen MR) is 63.0 cm³/mol. The number of piperidine rings is 1. The SMILES string of the molecule is CC(C)c1nsc(NN2CCCCC2)n1. The Morgan fingerprint density at radius 3 is 2.60 bits per heavy atom. The highest BCUT2D eigenvalue weighted by atomic mass is 32.1. The lowest BCUT2D eigenvalue weighted by Crippen LogP contribution is -2.34. The molecule has 0 bridgehead atoms. The number of nitrogens with zero attached hydrogens (tertiary/aromatic N) is 3. The molecule has 0 unspecified atom stereocenters. The summed E-state index contributed by atoms with van der Waals surface area (Å²) in [5.41, 5.74) is 3.33. The van der Waals surface area contributed by atoms with E-state index in [-0.39, 0.29) is 0 Å². The Kier molecular flexibility index (Phi) is 3.53. The molecule has 4 nitrogen and oxygen atoms in total. The average molecular weight is 226 g/mol. The van der Waals surface area contributed by atoms with Gasteiger partial charge in [0.2, 0.25) is 5.13 Å². The van der Waals surface area contributed by atoms with Crippen molar-refractivity contribution >= 4 is 16.7 Å². The van der Waals surface area contributed by atoms with E-state index in [1.165, 1.54) is 30.8 Å². The molecule has 84 valence electrons. The molecule has 0 amide bonds. The summed E-state index contributed by atoms with van der Waals surface area (Å²) in [4.78, 5) is 4.46. The minimum absolute atomic E-state index is 0.415. The molecule has 0 atom stereocenters. The number of nitrogens with one attached hydrogen (secondary N) is 1. The molecule has 1 N–H and O–H groups in total. The van der Waals surface area contributed by atoms with Crippen molar-refractivity contribution in [2.75, 3.05) is 18.5 Å². The fourth-order valence-electron chi connectivity index (χ4n) is 1.66. The quantitative estimate of drug-likeness (QED) is 0.859.